The molecule has 0 spiro atoms. The van der Waals surface area contributed by atoms with Crippen molar-refractivity contribution >= 4 is 17.2 Å². The number of hydrogen-bond acceptors (Lipinski definition) is 5. The molecule has 30 heavy (non-hydrogen) atoms. The van der Waals surface area contributed by atoms with Gasteiger partial charge in [0.15, 0.2) is 11.5 Å². The van der Waals surface area contributed by atoms with E-state index in [-0.39, 0.29) is 18.4 Å². The summed E-state index contributed by atoms with van der Waals surface area (Å²) >= 11 is 1.77. The summed E-state index contributed by atoms with van der Waals surface area (Å²) in [5.41, 5.74) is 3.20. The maximum absolute atomic E-state index is 13.5. The van der Waals surface area contributed by atoms with E-state index in [0.29, 0.717) is 23.8 Å². The van der Waals surface area contributed by atoms with Gasteiger partial charge in [-0.3, -0.25) is 4.79 Å². The Labute approximate surface area is 180 Å². The van der Waals surface area contributed by atoms with Crippen molar-refractivity contribution in [2.45, 2.75) is 18.9 Å². The van der Waals surface area contributed by atoms with Gasteiger partial charge in [0.1, 0.15) is 0 Å². The molecule has 0 bridgehead atoms. The number of carbonyl (C=O) groups excluding carboxylic acids is 1. The van der Waals surface area contributed by atoms with Crippen LogP contribution in [0.1, 0.15) is 27.6 Å². The minimum atomic E-state index is -0.0595. The van der Waals surface area contributed by atoms with Crippen LogP contribution >= 0.6 is 11.3 Å². The van der Waals surface area contributed by atoms with Gasteiger partial charge in [-0.15, -0.1) is 11.3 Å². The molecule has 1 atom stereocenters. The third-order valence-electron chi connectivity index (χ3n) is 5.48. The highest BCUT2D eigenvalue weighted by molar-refractivity contribution is 7.10. The molecule has 6 heteroatoms. The Balaban J connectivity index is 1.66. The molecular weight excluding hydrogens is 398 g/mol. The molecule has 0 radical (unpaired) electrons. The highest BCUT2D eigenvalue weighted by Gasteiger charge is 2.32. The lowest BCUT2D eigenvalue weighted by molar-refractivity contribution is -0.132. The van der Waals surface area contributed by atoms with E-state index >= 15 is 0 Å². The first-order valence-electron chi connectivity index (χ1n) is 9.85. The zero-order valence-corrected chi connectivity index (χ0v) is 18.2. The fraction of sp³-hybridized carbons (Fsp3) is 0.292. The number of methoxy groups -OCH3 is 3. The fourth-order valence-corrected chi connectivity index (χ4v) is 5.00. The monoisotopic (exact) mass is 423 g/mol. The SMILES string of the molecule is COc1cc(CC(=O)N2CCc3sccc3[C@@H]2c2ccccc2)cc(OC)c1OC. The van der Waals surface area contributed by atoms with E-state index in [1.807, 2.05) is 35.2 Å². The lowest BCUT2D eigenvalue weighted by atomic mass is 9.92. The second-order valence-electron chi connectivity index (χ2n) is 7.16. The van der Waals surface area contributed by atoms with Crippen molar-refractivity contribution in [3.8, 4) is 17.2 Å². The number of thiophene rings is 1. The molecule has 5 nitrogen and oxygen atoms in total. The maximum Gasteiger partial charge on any atom is 0.227 e. The van der Waals surface area contributed by atoms with Crippen LogP contribution in [0.2, 0.25) is 0 Å². The lowest BCUT2D eigenvalue weighted by Crippen LogP contribution is -2.40. The van der Waals surface area contributed by atoms with Crippen molar-refractivity contribution in [3.63, 3.8) is 0 Å². The van der Waals surface area contributed by atoms with Gasteiger partial charge in [-0.1, -0.05) is 30.3 Å². The second kappa shape index (κ2) is 8.79. The van der Waals surface area contributed by atoms with Crippen molar-refractivity contribution in [1.29, 1.82) is 0 Å². The lowest BCUT2D eigenvalue weighted by Gasteiger charge is -2.36. The van der Waals surface area contributed by atoms with Crippen LogP contribution in [0.25, 0.3) is 0 Å². The van der Waals surface area contributed by atoms with Crippen molar-refractivity contribution in [3.05, 3.63) is 75.5 Å². The number of benzene rings is 2. The second-order valence-corrected chi connectivity index (χ2v) is 8.16. The van der Waals surface area contributed by atoms with Crippen molar-refractivity contribution in [1.82, 2.24) is 4.90 Å². The van der Waals surface area contributed by atoms with E-state index in [1.54, 1.807) is 32.7 Å². The summed E-state index contributed by atoms with van der Waals surface area (Å²) in [4.78, 5) is 16.8. The Morgan fingerprint density at radius 1 is 1.03 bits per heavy atom. The Morgan fingerprint density at radius 2 is 1.73 bits per heavy atom. The van der Waals surface area contributed by atoms with Crippen LogP contribution in [0, 0.1) is 0 Å². The third-order valence-corrected chi connectivity index (χ3v) is 6.48. The average Bonchev–Trinajstić information content (AvgIpc) is 3.27. The molecule has 0 saturated heterocycles. The van der Waals surface area contributed by atoms with Gasteiger partial charge in [-0.25, -0.2) is 0 Å². The number of carbonyl (C=O) groups is 1. The Morgan fingerprint density at radius 3 is 2.37 bits per heavy atom. The van der Waals surface area contributed by atoms with Gasteiger partial charge in [-0.2, -0.15) is 0 Å². The first kappa shape index (κ1) is 20.3. The topological polar surface area (TPSA) is 48.0 Å². The van der Waals surface area contributed by atoms with Crippen LogP contribution in [0.3, 0.4) is 0 Å². The average molecular weight is 424 g/mol. The Kier molecular flexibility index (Phi) is 5.95. The van der Waals surface area contributed by atoms with Crippen LogP contribution in [-0.4, -0.2) is 38.7 Å². The summed E-state index contributed by atoms with van der Waals surface area (Å²) in [5.74, 6) is 1.71. The minimum absolute atomic E-state index is 0.0595. The molecule has 0 saturated carbocycles. The number of amides is 1. The summed E-state index contributed by atoms with van der Waals surface area (Å²) in [7, 11) is 4.73. The molecule has 0 unspecified atom stereocenters. The summed E-state index contributed by atoms with van der Waals surface area (Å²) in [5, 5.41) is 2.12. The molecule has 0 N–H and O–H groups in total. The molecule has 156 valence electrons. The number of fused-ring (bicyclic) bond motifs is 1. The van der Waals surface area contributed by atoms with Gasteiger partial charge in [0, 0.05) is 11.4 Å². The Hall–Kier alpha value is -2.99. The minimum Gasteiger partial charge on any atom is -0.493 e. The van der Waals surface area contributed by atoms with Crippen LogP contribution in [-0.2, 0) is 17.6 Å². The van der Waals surface area contributed by atoms with E-state index in [2.05, 4.69) is 23.6 Å². The van der Waals surface area contributed by atoms with E-state index in [9.17, 15) is 4.79 Å². The van der Waals surface area contributed by atoms with Gasteiger partial charge >= 0.3 is 0 Å². The highest BCUT2D eigenvalue weighted by atomic mass is 32.1. The number of nitrogens with zero attached hydrogens (tertiary/aromatic N) is 1. The molecular formula is C24H25NO4S. The first-order chi connectivity index (χ1) is 14.7. The van der Waals surface area contributed by atoms with E-state index in [0.717, 1.165) is 17.5 Å². The molecule has 3 aromatic rings. The standard InChI is InChI=1S/C24H25NO4S/c1-27-19-13-16(14-20(28-2)24(19)29-3)15-22(26)25-11-9-21-18(10-12-30-21)23(25)17-7-5-4-6-8-17/h4-8,10,12-14,23H,9,11,15H2,1-3H3/t23-/m0/s1. The van der Waals surface area contributed by atoms with E-state index in [1.165, 1.54) is 10.4 Å². The van der Waals surface area contributed by atoms with Gasteiger partial charge in [-0.05, 0) is 46.7 Å². The zero-order chi connectivity index (χ0) is 21.1. The summed E-state index contributed by atoms with van der Waals surface area (Å²) in [6.45, 7) is 0.705. The first-order valence-corrected chi connectivity index (χ1v) is 10.7. The summed E-state index contributed by atoms with van der Waals surface area (Å²) in [6, 6.07) is 16.0. The predicted octanol–water partition coefficient (Wildman–Crippen LogP) is 4.49. The van der Waals surface area contributed by atoms with Crippen LogP contribution in [0.5, 0.6) is 17.2 Å². The predicted molar refractivity (Wildman–Crippen MR) is 118 cm³/mol. The summed E-state index contributed by atoms with van der Waals surface area (Å²) in [6.07, 6.45) is 1.15. The van der Waals surface area contributed by atoms with Crippen molar-refractivity contribution in [2.75, 3.05) is 27.9 Å². The molecule has 1 aromatic heterocycles. The Bertz CT molecular complexity index is 1010. The molecule has 2 heterocycles. The number of rotatable bonds is 6. The molecule has 0 fully saturated rings. The smallest absolute Gasteiger partial charge is 0.227 e. The quantitative estimate of drug-likeness (QED) is 0.586. The maximum atomic E-state index is 13.5. The molecule has 1 amide bonds. The largest absolute Gasteiger partial charge is 0.493 e. The highest BCUT2D eigenvalue weighted by Crippen LogP contribution is 2.40. The molecule has 1 aliphatic heterocycles. The fourth-order valence-electron chi connectivity index (χ4n) is 4.09. The van der Waals surface area contributed by atoms with Crippen molar-refractivity contribution in [2.24, 2.45) is 0 Å². The normalized spacial score (nSPS) is 15.4. The van der Waals surface area contributed by atoms with E-state index < -0.39 is 0 Å². The van der Waals surface area contributed by atoms with Crippen LogP contribution < -0.4 is 14.2 Å². The zero-order valence-electron chi connectivity index (χ0n) is 17.4. The molecule has 4 rings (SSSR count). The summed E-state index contributed by atoms with van der Waals surface area (Å²) < 4.78 is 16.3. The van der Waals surface area contributed by atoms with Crippen LogP contribution in [0.15, 0.2) is 53.9 Å². The third kappa shape index (κ3) is 3.75. The van der Waals surface area contributed by atoms with Gasteiger partial charge in [0.25, 0.3) is 0 Å². The molecule has 2 aromatic carbocycles. The number of ether oxygens (including phenoxy) is 3. The van der Waals surface area contributed by atoms with E-state index in [4.69, 9.17) is 14.2 Å². The van der Waals surface area contributed by atoms with Crippen LogP contribution in [0.4, 0.5) is 0 Å². The van der Waals surface area contributed by atoms with Gasteiger partial charge < -0.3 is 19.1 Å². The van der Waals surface area contributed by atoms with Gasteiger partial charge in [0.2, 0.25) is 11.7 Å². The number of hydrogen-bond donors (Lipinski definition) is 0. The molecule has 1 aliphatic rings. The van der Waals surface area contributed by atoms with Crippen molar-refractivity contribution < 1.29 is 19.0 Å². The molecule has 0 aliphatic carbocycles. The van der Waals surface area contributed by atoms with Gasteiger partial charge in [0.05, 0.1) is 33.8 Å².